The number of thiazole rings is 1. The van der Waals surface area contributed by atoms with Crippen molar-refractivity contribution in [2.45, 2.75) is 37.4 Å². The topological polar surface area (TPSA) is 144 Å². The summed E-state index contributed by atoms with van der Waals surface area (Å²) in [5, 5.41) is 49.0. The SMILES string of the molecule is Cc1nc2ccc(-n3cnnc3[C@@H]3O[C@H](CO)[C@H](O)[C@H](n4cc(-c5cc(F)c(F)c(F)c5)nn4)[C@H]3O)cc2s1. The van der Waals surface area contributed by atoms with Gasteiger partial charge in [0.05, 0.1) is 28.0 Å². The van der Waals surface area contributed by atoms with Gasteiger partial charge in [0.15, 0.2) is 23.3 Å². The van der Waals surface area contributed by atoms with E-state index in [-0.39, 0.29) is 17.1 Å². The van der Waals surface area contributed by atoms with E-state index in [1.807, 2.05) is 25.1 Å². The van der Waals surface area contributed by atoms with Crippen molar-refractivity contribution < 1.29 is 33.2 Å². The number of halogens is 3. The first kappa shape index (κ1) is 25.5. The molecular formula is C24H20F3N7O4S. The van der Waals surface area contributed by atoms with E-state index in [9.17, 15) is 28.5 Å². The summed E-state index contributed by atoms with van der Waals surface area (Å²) in [4.78, 5) is 4.45. The van der Waals surface area contributed by atoms with Crippen LogP contribution in [0.25, 0.3) is 27.2 Å². The molecule has 1 saturated heterocycles. The van der Waals surface area contributed by atoms with Crippen molar-refractivity contribution in [2.75, 3.05) is 6.61 Å². The van der Waals surface area contributed by atoms with Crippen molar-refractivity contribution in [1.29, 1.82) is 0 Å². The highest BCUT2D eigenvalue weighted by Crippen LogP contribution is 2.38. The number of hydrogen-bond acceptors (Lipinski definition) is 10. The zero-order valence-electron chi connectivity index (χ0n) is 20.1. The van der Waals surface area contributed by atoms with Crippen LogP contribution in [-0.4, -0.2) is 75.0 Å². The molecule has 6 rings (SSSR count). The fourth-order valence-electron chi connectivity index (χ4n) is 4.70. The van der Waals surface area contributed by atoms with Crippen LogP contribution >= 0.6 is 11.3 Å². The van der Waals surface area contributed by atoms with Gasteiger partial charge in [0, 0.05) is 11.3 Å². The van der Waals surface area contributed by atoms with Gasteiger partial charge >= 0.3 is 0 Å². The lowest BCUT2D eigenvalue weighted by molar-refractivity contribution is -0.210. The van der Waals surface area contributed by atoms with Crippen LogP contribution in [0.1, 0.15) is 23.0 Å². The van der Waals surface area contributed by atoms with E-state index in [4.69, 9.17) is 4.74 Å². The smallest absolute Gasteiger partial charge is 0.194 e. The Balaban J connectivity index is 1.36. The summed E-state index contributed by atoms with van der Waals surface area (Å²) < 4.78 is 50.5. The Morgan fingerprint density at radius 1 is 1.05 bits per heavy atom. The number of nitrogens with zero attached hydrogens (tertiary/aromatic N) is 7. The summed E-state index contributed by atoms with van der Waals surface area (Å²) >= 11 is 1.51. The second kappa shape index (κ2) is 9.77. The first-order chi connectivity index (χ1) is 18.7. The van der Waals surface area contributed by atoms with Crippen LogP contribution in [-0.2, 0) is 4.74 Å². The highest BCUT2D eigenvalue weighted by molar-refractivity contribution is 7.18. The predicted octanol–water partition coefficient (Wildman–Crippen LogP) is 2.26. The van der Waals surface area contributed by atoms with Gasteiger partial charge in [-0.05, 0) is 37.3 Å². The van der Waals surface area contributed by atoms with Crippen LogP contribution in [0.4, 0.5) is 13.2 Å². The molecule has 11 nitrogen and oxygen atoms in total. The third-order valence-electron chi connectivity index (χ3n) is 6.57. The van der Waals surface area contributed by atoms with Crippen LogP contribution < -0.4 is 0 Å². The van der Waals surface area contributed by atoms with E-state index in [2.05, 4.69) is 25.5 Å². The van der Waals surface area contributed by atoms with Crippen molar-refractivity contribution in [3.8, 4) is 16.9 Å². The molecule has 0 radical (unpaired) electrons. The minimum absolute atomic E-state index is 0.0351. The Morgan fingerprint density at radius 2 is 1.82 bits per heavy atom. The molecule has 3 aromatic heterocycles. The molecule has 5 aromatic rings. The molecule has 202 valence electrons. The van der Waals surface area contributed by atoms with E-state index in [0.717, 1.165) is 32.0 Å². The Hall–Kier alpha value is -3.76. The number of benzene rings is 2. The number of aromatic nitrogens is 7. The molecule has 1 aliphatic heterocycles. The monoisotopic (exact) mass is 559 g/mol. The van der Waals surface area contributed by atoms with Crippen molar-refractivity contribution in [3.05, 3.63) is 71.1 Å². The molecule has 0 spiro atoms. The van der Waals surface area contributed by atoms with Crippen LogP contribution in [0.5, 0.6) is 0 Å². The van der Waals surface area contributed by atoms with E-state index >= 15 is 0 Å². The lowest BCUT2D eigenvalue weighted by atomic mass is 9.92. The fraction of sp³-hybridized carbons (Fsp3) is 0.292. The molecule has 1 aliphatic rings. The molecule has 39 heavy (non-hydrogen) atoms. The molecule has 0 saturated carbocycles. The maximum Gasteiger partial charge on any atom is 0.194 e. The van der Waals surface area contributed by atoms with Gasteiger partial charge in [-0.2, -0.15) is 0 Å². The number of hydrogen-bond donors (Lipinski definition) is 3. The van der Waals surface area contributed by atoms with Crippen molar-refractivity contribution >= 4 is 21.6 Å². The Morgan fingerprint density at radius 3 is 2.56 bits per heavy atom. The summed E-state index contributed by atoms with van der Waals surface area (Å²) in [5.41, 5.74) is 1.37. The summed E-state index contributed by atoms with van der Waals surface area (Å²) in [6.45, 7) is 1.30. The molecular weight excluding hydrogens is 539 g/mol. The average Bonchev–Trinajstić information content (AvgIpc) is 3.66. The number of fused-ring (bicyclic) bond motifs is 1. The minimum Gasteiger partial charge on any atom is -0.394 e. The van der Waals surface area contributed by atoms with E-state index in [1.165, 1.54) is 23.9 Å². The summed E-state index contributed by atoms with van der Waals surface area (Å²) in [6.07, 6.45) is -2.58. The summed E-state index contributed by atoms with van der Waals surface area (Å²) in [7, 11) is 0. The van der Waals surface area contributed by atoms with Crippen LogP contribution in [0, 0.1) is 24.4 Å². The van der Waals surface area contributed by atoms with Crippen LogP contribution in [0.3, 0.4) is 0 Å². The lowest BCUT2D eigenvalue weighted by Gasteiger charge is -2.41. The van der Waals surface area contributed by atoms with E-state index < -0.39 is 54.5 Å². The van der Waals surface area contributed by atoms with Crippen molar-refractivity contribution in [3.63, 3.8) is 0 Å². The third-order valence-corrected chi connectivity index (χ3v) is 7.51. The van der Waals surface area contributed by atoms with Crippen LogP contribution in [0.15, 0.2) is 42.9 Å². The maximum atomic E-state index is 13.8. The van der Waals surface area contributed by atoms with Gasteiger partial charge in [-0.1, -0.05) is 5.21 Å². The second-order valence-corrected chi connectivity index (χ2v) is 10.3. The number of aryl methyl sites for hydroxylation is 1. The van der Waals surface area contributed by atoms with E-state index in [0.29, 0.717) is 5.69 Å². The quantitative estimate of drug-likeness (QED) is 0.276. The first-order valence-electron chi connectivity index (χ1n) is 11.7. The van der Waals surface area contributed by atoms with E-state index in [1.54, 1.807) is 4.57 Å². The van der Waals surface area contributed by atoms with Crippen molar-refractivity contribution in [2.24, 2.45) is 0 Å². The molecule has 1 fully saturated rings. The van der Waals surface area contributed by atoms with Gasteiger partial charge in [0.25, 0.3) is 0 Å². The molecule has 0 unspecified atom stereocenters. The Kier molecular flexibility index (Phi) is 6.39. The second-order valence-electron chi connectivity index (χ2n) is 9.03. The fourth-order valence-corrected chi connectivity index (χ4v) is 5.56. The van der Waals surface area contributed by atoms with Crippen LogP contribution in [0.2, 0.25) is 0 Å². The average molecular weight is 560 g/mol. The molecule has 15 heteroatoms. The number of aliphatic hydroxyl groups excluding tert-OH is 3. The van der Waals surface area contributed by atoms with Gasteiger partial charge in [-0.3, -0.25) is 4.57 Å². The van der Waals surface area contributed by atoms with Gasteiger partial charge < -0.3 is 20.1 Å². The number of rotatable bonds is 5. The van der Waals surface area contributed by atoms with Gasteiger partial charge in [-0.15, -0.1) is 26.6 Å². The molecule has 2 aromatic carbocycles. The summed E-state index contributed by atoms with van der Waals surface area (Å²) in [6, 6.07) is 5.85. The zero-order valence-corrected chi connectivity index (χ0v) is 20.9. The standard InChI is InChI=1S/C24H20F3N7O4S/c1-10-29-15-3-2-12(6-18(15)39-10)33-9-28-31-24(33)23-22(37)20(21(36)17(8-35)38-23)34-7-16(30-32-34)11-4-13(25)19(27)14(26)5-11/h2-7,9,17,20-23,35-37H,8H2,1H3/t17-,20+,21+,22-,23-/m1/s1. The molecule has 0 aliphatic carbocycles. The Bertz CT molecular complexity index is 1650. The number of aliphatic hydroxyl groups is 3. The Labute approximate surface area is 221 Å². The molecule has 0 amide bonds. The van der Waals surface area contributed by atoms with Gasteiger partial charge in [0.2, 0.25) is 0 Å². The normalized spacial score (nSPS) is 23.5. The summed E-state index contributed by atoms with van der Waals surface area (Å²) in [5.74, 6) is -4.24. The molecule has 0 bridgehead atoms. The zero-order chi connectivity index (χ0) is 27.4. The van der Waals surface area contributed by atoms with Gasteiger partial charge in [-0.25, -0.2) is 22.8 Å². The minimum atomic E-state index is -1.62. The number of ether oxygens (including phenoxy) is 1. The lowest BCUT2D eigenvalue weighted by Crippen LogP contribution is -2.53. The highest BCUT2D eigenvalue weighted by atomic mass is 32.1. The first-order valence-corrected chi connectivity index (χ1v) is 12.5. The third kappa shape index (κ3) is 4.37. The molecule has 3 N–H and O–H groups in total. The predicted molar refractivity (Wildman–Crippen MR) is 130 cm³/mol. The largest absolute Gasteiger partial charge is 0.394 e. The maximum absolute atomic E-state index is 13.8. The van der Waals surface area contributed by atoms with Gasteiger partial charge in [0.1, 0.15) is 42.5 Å². The molecule has 5 atom stereocenters. The van der Waals surface area contributed by atoms with Crippen molar-refractivity contribution in [1.82, 2.24) is 34.7 Å². The highest BCUT2D eigenvalue weighted by Gasteiger charge is 2.48. The molecule has 4 heterocycles.